The van der Waals surface area contributed by atoms with Crippen LogP contribution in [0.15, 0.2) is 24.3 Å². The predicted molar refractivity (Wildman–Crippen MR) is 66.8 cm³/mol. The van der Waals surface area contributed by atoms with Gasteiger partial charge in [0.25, 0.3) is 0 Å². The van der Waals surface area contributed by atoms with Gasteiger partial charge >= 0.3 is 5.97 Å². The average Bonchev–Trinajstić information content (AvgIpc) is 2.35. The summed E-state index contributed by atoms with van der Waals surface area (Å²) in [5, 5.41) is 19.0. The van der Waals surface area contributed by atoms with E-state index >= 15 is 0 Å². The van der Waals surface area contributed by atoms with Crippen LogP contribution in [0.5, 0.6) is 5.75 Å². The molecule has 0 aromatic heterocycles. The molecule has 100 valence electrons. The monoisotopic (exact) mass is 253 g/mol. The first-order chi connectivity index (χ1) is 8.43. The molecule has 18 heavy (non-hydrogen) atoms. The van der Waals surface area contributed by atoms with E-state index in [9.17, 15) is 9.90 Å². The number of phenolic OH excluding ortho intramolecular Hbond substituents is 1. The van der Waals surface area contributed by atoms with Crippen molar-refractivity contribution >= 4 is 5.97 Å². The first-order valence-corrected chi connectivity index (χ1v) is 5.79. The molecular weight excluding hydrogens is 234 g/mol. The minimum atomic E-state index is -1.38. The van der Waals surface area contributed by atoms with E-state index in [-0.39, 0.29) is 24.6 Å². The molecule has 0 spiro atoms. The number of rotatable bonds is 6. The van der Waals surface area contributed by atoms with Crippen LogP contribution in [0.1, 0.15) is 24.8 Å². The maximum atomic E-state index is 11.0. The maximum Gasteiger partial charge on any atom is 0.305 e. The lowest BCUT2D eigenvalue weighted by Crippen LogP contribution is -2.40. The number of hydrogen-bond donors (Lipinski definition) is 3. The Morgan fingerprint density at radius 1 is 1.33 bits per heavy atom. The van der Waals surface area contributed by atoms with Gasteiger partial charge in [0, 0.05) is 6.42 Å². The summed E-state index contributed by atoms with van der Waals surface area (Å²) in [5.41, 5.74) is 5.28. The zero-order chi connectivity index (χ0) is 13.6. The van der Waals surface area contributed by atoms with Crippen LogP contribution in [0.3, 0.4) is 0 Å². The molecule has 1 aromatic rings. The summed E-state index contributed by atoms with van der Waals surface area (Å²) in [5.74, 6) is -0.184. The van der Waals surface area contributed by atoms with Crippen LogP contribution in [0.25, 0.3) is 0 Å². The highest BCUT2D eigenvalue weighted by Crippen LogP contribution is 2.17. The molecule has 0 amide bonds. The fourth-order valence-corrected chi connectivity index (χ4v) is 1.57. The normalized spacial score (nSPS) is 13.9. The maximum absolute atomic E-state index is 11.0. The summed E-state index contributed by atoms with van der Waals surface area (Å²) in [7, 11) is 1.30. The van der Waals surface area contributed by atoms with E-state index in [1.807, 2.05) is 0 Å². The SMILES string of the molecule is COC(=O)CCC(N)(O)CCc1ccc(O)cc1. The number of benzene rings is 1. The molecule has 1 aromatic carbocycles. The summed E-state index contributed by atoms with van der Waals surface area (Å²) in [4.78, 5) is 11.0. The molecule has 0 saturated heterocycles. The summed E-state index contributed by atoms with van der Waals surface area (Å²) in [6.07, 6.45) is 1.18. The highest BCUT2D eigenvalue weighted by molar-refractivity contribution is 5.69. The van der Waals surface area contributed by atoms with Crippen molar-refractivity contribution in [1.82, 2.24) is 0 Å². The van der Waals surface area contributed by atoms with Crippen molar-refractivity contribution in [2.24, 2.45) is 5.73 Å². The lowest BCUT2D eigenvalue weighted by molar-refractivity contribution is -0.142. The smallest absolute Gasteiger partial charge is 0.305 e. The molecule has 4 N–H and O–H groups in total. The first-order valence-electron chi connectivity index (χ1n) is 5.79. The number of aliphatic hydroxyl groups is 1. The molecule has 0 aliphatic rings. The zero-order valence-corrected chi connectivity index (χ0v) is 10.4. The van der Waals surface area contributed by atoms with Crippen molar-refractivity contribution in [1.29, 1.82) is 0 Å². The molecule has 0 aliphatic heterocycles. The number of methoxy groups -OCH3 is 1. The van der Waals surface area contributed by atoms with Crippen LogP contribution >= 0.6 is 0 Å². The second-order valence-electron chi connectivity index (χ2n) is 4.35. The molecule has 5 heteroatoms. The van der Waals surface area contributed by atoms with E-state index in [1.165, 1.54) is 7.11 Å². The minimum absolute atomic E-state index is 0.0963. The van der Waals surface area contributed by atoms with Crippen LogP contribution in [-0.2, 0) is 16.0 Å². The molecule has 1 rings (SSSR count). The number of carbonyl (C=O) groups excluding carboxylic acids is 1. The Balaban J connectivity index is 2.41. The third-order valence-electron chi connectivity index (χ3n) is 2.77. The van der Waals surface area contributed by atoms with Gasteiger partial charge in [-0.25, -0.2) is 0 Å². The van der Waals surface area contributed by atoms with Gasteiger partial charge in [-0.3, -0.25) is 4.79 Å². The highest BCUT2D eigenvalue weighted by Gasteiger charge is 2.22. The van der Waals surface area contributed by atoms with Gasteiger partial charge in [-0.1, -0.05) is 12.1 Å². The number of aromatic hydroxyl groups is 1. The molecule has 0 saturated carbocycles. The zero-order valence-electron chi connectivity index (χ0n) is 10.4. The summed E-state index contributed by atoms with van der Waals surface area (Å²) in [6, 6.07) is 6.70. The minimum Gasteiger partial charge on any atom is -0.508 e. The third-order valence-corrected chi connectivity index (χ3v) is 2.77. The number of aryl methyl sites for hydroxylation is 1. The molecular formula is C13H19NO4. The largest absolute Gasteiger partial charge is 0.508 e. The number of phenols is 1. The Kier molecular flexibility index (Phi) is 5.12. The van der Waals surface area contributed by atoms with E-state index in [1.54, 1.807) is 24.3 Å². The Hall–Kier alpha value is -1.59. The van der Waals surface area contributed by atoms with E-state index < -0.39 is 5.72 Å². The second-order valence-corrected chi connectivity index (χ2v) is 4.35. The third kappa shape index (κ3) is 5.16. The standard InChI is InChI=1S/C13H19NO4/c1-18-12(16)7-9-13(14,17)8-6-10-2-4-11(15)5-3-10/h2-5,15,17H,6-9,14H2,1H3. The summed E-state index contributed by atoms with van der Waals surface area (Å²) >= 11 is 0. The second kappa shape index (κ2) is 6.37. The number of carbonyl (C=O) groups is 1. The van der Waals surface area contributed by atoms with Gasteiger partial charge in [-0.2, -0.15) is 0 Å². The van der Waals surface area contributed by atoms with Crippen LogP contribution in [0, 0.1) is 0 Å². The van der Waals surface area contributed by atoms with E-state index in [4.69, 9.17) is 10.8 Å². The Labute approximate surface area is 106 Å². The van der Waals surface area contributed by atoms with Crippen LogP contribution in [0.4, 0.5) is 0 Å². The topological polar surface area (TPSA) is 92.8 Å². The van der Waals surface area contributed by atoms with Crippen molar-refractivity contribution in [3.05, 3.63) is 29.8 Å². The van der Waals surface area contributed by atoms with Gasteiger partial charge < -0.3 is 20.7 Å². The Bertz CT molecular complexity index is 386. The lowest BCUT2D eigenvalue weighted by atomic mass is 9.99. The molecule has 0 aliphatic carbocycles. The fraction of sp³-hybridized carbons (Fsp3) is 0.462. The van der Waals surface area contributed by atoms with Gasteiger partial charge in [0.2, 0.25) is 0 Å². The van der Waals surface area contributed by atoms with E-state index in [2.05, 4.69) is 4.74 Å². The summed E-state index contributed by atoms with van der Waals surface area (Å²) in [6.45, 7) is 0. The lowest BCUT2D eigenvalue weighted by Gasteiger charge is -2.22. The fourth-order valence-electron chi connectivity index (χ4n) is 1.57. The van der Waals surface area contributed by atoms with Crippen molar-refractivity contribution < 1.29 is 19.7 Å². The van der Waals surface area contributed by atoms with E-state index in [0.717, 1.165) is 5.56 Å². The van der Waals surface area contributed by atoms with Crippen molar-refractivity contribution in [3.63, 3.8) is 0 Å². The molecule has 0 bridgehead atoms. The van der Waals surface area contributed by atoms with Gasteiger partial charge in [0.1, 0.15) is 11.5 Å². The summed E-state index contributed by atoms with van der Waals surface area (Å²) < 4.78 is 4.49. The Morgan fingerprint density at radius 3 is 2.50 bits per heavy atom. The highest BCUT2D eigenvalue weighted by atomic mass is 16.5. The number of ether oxygens (including phenoxy) is 1. The van der Waals surface area contributed by atoms with Crippen molar-refractivity contribution in [3.8, 4) is 5.75 Å². The first kappa shape index (κ1) is 14.5. The number of hydrogen-bond acceptors (Lipinski definition) is 5. The molecule has 0 heterocycles. The van der Waals surface area contributed by atoms with Gasteiger partial charge in [0.05, 0.1) is 7.11 Å². The van der Waals surface area contributed by atoms with Crippen LogP contribution < -0.4 is 5.73 Å². The predicted octanol–water partition coefficient (Wildman–Crippen LogP) is 0.925. The molecule has 1 atom stereocenters. The van der Waals surface area contributed by atoms with E-state index in [0.29, 0.717) is 12.8 Å². The van der Waals surface area contributed by atoms with Gasteiger partial charge in [-0.05, 0) is 37.0 Å². The molecule has 0 radical (unpaired) electrons. The van der Waals surface area contributed by atoms with Gasteiger partial charge in [0.15, 0.2) is 0 Å². The molecule has 5 nitrogen and oxygen atoms in total. The quantitative estimate of drug-likeness (QED) is 0.518. The van der Waals surface area contributed by atoms with Crippen molar-refractivity contribution in [2.45, 2.75) is 31.4 Å². The van der Waals surface area contributed by atoms with Crippen LogP contribution in [0.2, 0.25) is 0 Å². The number of esters is 1. The van der Waals surface area contributed by atoms with Gasteiger partial charge in [-0.15, -0.1) is 0 Å². The van der Waals surface area contributed by atoms with Crippen molar-refractivity contribution in [2.75, 3.05) is 7.11 Å². The Morgan fingerprint density at radius 2 is 1.94 bits per heavy atom. The molecule has 1 unspecified atom stereocenters. The average molecular weight is 253 g/mol. The number of nitrogens with two attached hydrogens (primary N) is 1. The molecule has 0 fully saturated rings. The van der Waals surface area contributed by atoms with Crippen LogP contribution in [-0.4, -0.2) is 29.0 Å².